The third kappa shape index (κ3) is 2.76. The number of benzene rings is 1. The van der Waals surface area contributed by atoms with Crippen LogP contribution in [0.1, 0.15) is 30.9 Å². The molecule has 1 saturated heterocycles. The highest BCUT2D eigenvalue weighted by Crippen LogP contribution is 2.33. The van der Waals surface area contributed by atoms with E-state index in [4.69, 9.17) is 14.2 Å². The van der Waals surface area contributed by atoms with Gasteiger partial charge in [-0.2, -0.15) is 0 Å². The molecule has 0 spiro atoms. The number of ether oxygens (including phenoxy) is 3. The predicted octanol–water partition coefficient (Wildman–Crippen LogP) is 2.31. The molecule has 2 unspecified atom stereocenters. The Balaban J connectivity index is 2.16. The molecule has 4 nitrogen and oxygen atoms in total. The molecule has 2 rings (SSSR count). The van der Waals surface area contributed by atoms with Crippen LogP contribution in [-0.2, 0) is 4.74 Å². The Bertz CT molecular complexity index is 385. The molecule has 0 amide bonds. The molecule has 1 aliphatic rings. The molecule has 1 heterocycles. The van der Waals surface area contributed by atoms with Crippen LogP contribution in [-0.4, -0.2) is 32.0 Å². The van der Waals surface area contributed by atoms with E-state index >= 15 is 0 Å². The van der Waals surface area contributed by atoms with E-state index in [2.05, 4.69) is 0 Å². The average molecular weight is 252 g/mol. The van der Waals surface area contributed by atoms with Gasteiger partial charge in [0.1, 0.15) is 6.10 Å². The van der Waals surface area contributed by atoms with Gasteiger partial charge < -0.3 is 19.3 Å². The maximum atomic E-state index is 10.3. The molecule has 2 atom stereocenters. The largest absolute Gasteiger partial charge is 0.493 e. The van der Waals surface area contributed by atoms with Crippen molar-refractivity contribution in [1.29, 1.82) is 0 Å². The summed E-state index contributed by atoms with van der Waals surface area (Å²) in [7, 11) is 3.18. The third-order valence-corrected chi connectivity index (χ3v) is 3.32. The quantitative estimate of drug-likeness (QED) is 0.893. The van der Waals surface area contributed by atoms with E-state index in [1.54, 1.807) is 20.3 Å². The number of aliphatic hydroxyl groups is 1. The second-order valence-electron chi connectivity index (χ2n) is 4.46. The molecule has 1 N–H and O–H groups in total. The Labute approximate surface area is 107 Å². The normalized spacial score (nSPS) is 21.4. The van der Waals surface area contributed by atoms with Crippen LogP contribution in [0.15, 0.2) is 18.2 Å². The van der Waals surface area contributed by atoms with Crippen LogP contribution in [0.25, 0.3) is 0 Å². The van der Waals surface area contributed by atoms with Crippen LogP contribution in [0.5, 0.6) is 11.5 Å². The molecule has 1 fully saturated rings. The summed E-state index contributed by atoms with van der Waals surface area (Å²) in [5.41, 5.74) is 0.805. The van der Waals surface area contributed by atoms with Gasteiger partial charge in [-0.25, -0.2) is 0 Å². The monoisotopic (exact) mass is 252 g/mol. The Kier molecular flexibility index (Phi) is 4.44. The maximum absolute atomic E-state index is 10.3. The lowest BCUT2D eigenvalue weighted by atomic mass is 9.98. The van der Waals surface area contributed by atoms with Gasteiger partial charge in [0.2, 0.25) is 0 Å². The molecule has 0 aromatic heterocycles. The van der Waals surface area contributed by atoms with Crippen molar-refractivity contribution in [2.75, 3.05) is 20.8 Å². The summed E-state index contributed by atoms with van der Waals surface area (Å²) < 4.78 is 16.0. The summed E-state index contributed by atoms with van der Waals surface area (Å²) in [5.74, 6) is 1.29. The molecular formula is C14H20O4. The standard InChI is InChI=1S/C14H20O4/c1-16-11-7-6-10(9-13(11)17-2)14(15)12-5-3-4-8-18-12/h6-7,9,12,14-15H,3-5,8H2,1-2H3. The summed E-state index contributed by atoms with van der Waals surface area (Å²) in [5, 5.41) is 10.3. The van der Waals surface area contributed by atoms with Crippen molar-refractivity contribution < 1.29 is 19.3 Å². The molecular weight excluding hydrogens is 232 g/mol. The number of aliphatic hydroxyl groups excluding tert-OH is 1. The van der Waals surface area contributed by atoms with E-state index in [-0.39, 0.29) is 6.10 Å². The smallest absolute Gasteiger partial charge is 0.161 e. The van der Waals surface area contributed by atoms with Gasteiger partial charge in [0.15, 0.2) is 11.5 Å². The van der Waals surface area contributed by atoms with Crippen molar-refractivity contribution in [3.8, 4) is 11.5 Å². The van der Waals surface area contributed by atoms with Gasteiger partial charge in [-0.05, 0) is 37.0 Å². The van der Waals surface area contributed by atoms with Crippen molar-refractivity contribution in [3.05, 3.63) is 23.8 Å². The summed E-state index contributed by atoms with van der Waals surface area (Å²) >= 11 is 0. The van der Waals surface area contributed by atoms with Gasteiger partial charge in [-0.15, -0.1) is 0 Å². The van der Waals surface area contributed by atoms with Crippen LogP contribution < -0.4 is 9.47 Å². The van der Waals surface area contributed by atoms with E-state index in [0.717, 1.165) is 31.4 Å². The predicted molar refractivity (Wildman–Crippen MR) is 68.1 cm³/mol. The number of hydrogen-bond donors (Lipinski definition) is 1. The second kappa shape index (κ2) is 6.07. The summed E-state index contributed by atoms with van der Waals surface area (Å²) in [6.45, 7) is 0.731. The number of methoxy groups -OCH3 is 2. The van der Waals surface area contributed by atoms with Crippen molar-refractivity contribution in [3.63, 3.8) is 0 Å². The lowest BCUT2D eigenvalue weighted by molar-refractivity contribution is -0.0633. The van der Waals surface area contributed by atoms with Gasteiger partial charge in [-0.1, -0.05) is 6.07 Å². The first-order valence-electron chi connectivity index (χ1n) is 6.28. The molecule has 0 aliphatic carbocycles. The Hall–Kier alpha value is -1.26. The molecule has 1 aromatic carbocycles. The SMILES string of the molecule is COc1ccc(C(O)C2CCCCO2)cc1OC. The first-order chi connectivity index (χ1) is 8.76. The maximum Gasteiger partial charge on any atom is 0.161 e. The minimum Gasteiger partial charge on any atom is -0.493 e. The van der Waals surface area contributed by atoms with Crippen molar-refractivity contribution in [2.45, 2.75) is 31.5 Å². The van der Waals surface area contributed by atoms with Gasteiger partial charge in [0.25, 0.3) is 0 Å². The number of hydrogen-bond acceptors (Lipinski definition) is 4. The third-order valence-electron chi connectivity index (χ3n) is 3.32. The summed E-state index contributed by atoms with van der Waals surface area (Å²) in [6.07, 6.45) is 2.36. The fourth-order valence-electron chi connectivity index (χ4n) is 2.27. The lowest BCUT2D eigenvalue weighted by Crippen LogP contribution is -2.26. The molecule has 0 bridgehead atoms. The van der Waals surface area contributed by atoms with Crippen LogP contribution >= 0.6 is 0 Å². The Morgan fingerprint density at radius 2 is 2.00 bits per heavy atom. The molecule has 0 radical (unpaired) electrons. The highest BCUT2D eigenvalue weighted by Gasteiger charge is 2.24. The van der Waals surface area contributed by atoms with Gasteiger partial charge in [0, 0.05) is 6.61 Å². The Morgan fingerprint density at radius 1 is 1.22 bits per heavy atom. The first kappa shape index (κ1) is 13.2. The van der Waals surface area contributed by atoms with Gasteiger partial charge >= 0.3 is 0 Å². The minimum atomic E-state index is -0.606. The van der Waals surface area contributed by atoms with E-state index in [9.17, 15) is 5.11 Å². The van der Waals surface area contributed by atoms with Crippen LogP contribution in [0.2, 0.25) is 0 Å². The van der Waals surface area contributed by atoms with Crippen LogP contribution in [0, 0.1) is 0 Å². The van der Waals surface area contributed by atoms with E-state index in [0.29, 0.717) is 11.5 Å². The topological polar surface area (TPSA) is 47.9 Å². The molecule has 1 aromatic rings. The minimum absolute atomic E-state index is 0.114. The van der Waals surface area contributed by atoms with Crippen molar-refractivity contribution >= 4 is 0 Å². The van der Waals surface area contributed by atoms with Crippen molar-refractivity contribution in [1.82, 2.24) is 0 Å². The van der Waals surface area contributed by atoms with E-state index in [1.807, 2.05) is 12.1 Å². The lowest BCUT2D eigenvalue weighted by Gasteiger charge is -2.27. The Morgan fingerprint density at radius 3 is 2.61 bits per heavy atom. The van der Waals surface area contributed by atoms with Gasteiger partial charge in [0.05, 0.1) is 20.3 Å². The highest BCUT2D eigenvalue weighted by atomic mass is 16.5. The summed E-state index contributed by atoms with van der Waals surface area (Å²) in [4.78, 5) is 0. The van der Waals surface area contributed by atoms with Crippen LogP contribution in [0.4, 0.5) is 0 Å². The first-order valence-corrected chi connectivity index (χ1v) is 6.28. The van der Waals surface area contributed by atoms with Crippen LogP contribution in [0.3, 0.4) is 0 Å². The fraction of sp³-hybridized carbons (Fsp3) is 0.571. The molecule has 0 saturated carbocycles. The van der Waals surface area contributed by atoms with E-state index < -0.39 is 6.10 Å². The molecule has 4 heteroatoms. The average Bonchev–Trinajstić information content (AvgIpc) is 2.46. The fourth-order valence-corrected chi connectivity index (χ4v) is 2.27. The highest BCUT2D eigenvalue weighted by molar-refractivity contribution is 5.43. The van der Waals surface area contributed by atoms with Crippen molar-refractivity contribution in [2.24, 2.45) is 0 Å². The van der Waals surface area contributed by atoms with Gasteiger partial charge in [-0.3, -0.25) is 0 Å². The van der Waals surface area contributed by atoms with E-state index in [1.165, 1.54) is 0 Å². The zero-order valence-corrected chi connectivity index (χ0v) is 10.9. The molecule has 100 valence electrons. The molecule has 1 aliphatic heterocycles. The zero-order valence-electron chi connectivity index (χ0n) is 10.9. The molecule has 18 heavy (non-hydrogen) atoms. The number of rotatable bonds is 4. The summed E-state index contributed by atoms with van der Waals surface area (Å²) in [6, 6.07) is 5.46. The second-order valence-corrected chi connectivity index (χ2v) is 4.46. The zero-order chi connectivity index (χ0) is 13.0.